The maximum absolute atomic E-state index is 11.5. The monoisotopic (exact) mass is 329 g/mol. The van der Waals surface area contributed by atoms with Gasteiger partial charge >= 0.3 is 11.9 Å². The van der Waals surface area contributed by atoms with Crippen LogP contribution in [0.2, 0.25) is 0 Å². The van der Waals surface area contributed by atoms with Crippen LogP contribution in [0, 0.1) is 0 Å². The van der Waals surface area contributed by atoms with E-state index >= 15 is 0 Å². The number of rotatable bonds is 4. The molecule has 0 aliphatic carbocycles. The summed E-state index contributed by atoms with van der Waals surface area (Å²) in [4.78, 5) is 25.5. The first kappa shape index (κ1) is 17.5. The predicted molar refractivity (Wildman–Crippen MR) is 73.8 cm³/mol. The molecule has 0 radical (unpaired) electrons. The summed E-state index contributed by atoms with van der Waals surface area (Å²) in [5.74, 6) is -3.57. The fraction of sp³-hybridized carbons (Fsp3) is 0.846. The lowest BCUT2D eigenvalue weighted by atomic mass is 10.0. The van der Waals surface area contributed by atoms with Crippen LogP contribution in [0.1, 0.15) is 27.7 Å². The Morgan fingerprint density at radius 2 is 1.96 bits per heavy atom. The molecule has 0 aromatic heterocycles. The molecule has 2 rings (SSSR count). The van der Waals surface area contributed by atoms with Crippen LogP contribution in [-0.4, -0.2) is 55.0 Å². The highest BCUT2D eigenvalue weighted by Crippen LogP contribution is 2.44. The van der Waals surface area contributed by atoms with Crippen molar-refractivity contribution in [1.29, 1.82) is 0 Å². The maximum Gasteiger partial charge on any atom is 0.303 e. The zero-order valence-corrected chi connectivity index (χ0v) is 13.3. The molecule has 4 atom stereocenters. The van der Waals surface area contributed by atoms with Crippen molar-refractivity contribution >= 4 is 11.9 Å². The van der Waals surface area contributed by atoms with Crippen molar-refractivity contribution in [2.24, 2.45) is 5.11 Å². The average Bonchev–Trinajstić information content (AvgIpc) is 2.87. The number of carbonyl (C=O) groups is 2. The molecule has 23 heavy (non-hydrogen) atoms. The van der Waals surface area contributed by atoms with Crippen LogP contribution in [0.25, 0.3) is 10.4 Å². The van der Waals surface area contributed by atoms with Crippen LogP contribution in [0.15, 0.2) is 5.11 Å². The number of ether oxygens (including phenoxy) is 5. The summed E-state index contributed by atoms with van der Waals surface area (Å²) in [5, 5.41) is 3.44. The van der Waals surface area contributed by atoms with Crippen LogP contribution in [-0.2, 0) is 33.3 Å². The lowest BCUT2D eigenvalue weighted by Gasteiger charge is -2.30. The Morgan fingerprint density at radius 3 is 2.43 bits per heavy atom. The molecule has 0 N–H and O–H groups in total. The second kappa shape index (κ2) is 6.32. The molecule has 2 saturated heterocycles. The molecule has 10 nitrogen and oxygen atoms in total. The summed E-state index contributed by atoms with van der Waals surface area (Å²) in [7, 11) is 0. The number of carbonyl (C=O) groups excluding carboxylic acids is 2. The minimum Gasteiger partial charge on any atom is -0.456 e. The SMILES string of the molecule is CC(=O)OC1C(CN=[N+]=[N-])OC2(COC(C)(C)O2)C1OC(C)=O. The summed E-state index contributed by atoms with van der Waals surface area (Å²) in [6, 6.07) is 0. The number of esters is 2. The van der Waals surface area contributed by atoms with Gasteiger partial charge in [-0.2, -0.15) is 0 Å². The smallest absolute Gasteiger partial charge is 0.303 e. The molecular weight excluding hydrogens is 310 g/mol. The number of azide groups is 1. The van der Waals surface area contributed by atoms with Crippen molar-refractivity contribution < 1.29 is 33.3 Å². The highest BCUT2D eigenvalue weighted by atomic mass is 16.9. The van der Waals surface area contributed by atoms with Gasteiger partial charge in [-0.15, -0.1) is 0 Å². The van der Waals surface area contributed by atoms with Crippen LogP contribution in [0.3, 0.4) is 0 Å². The first-order valence-corrected chi connectivity index (χ1v) is 7.06. The van der Waals surface area contributed by atoms with Crippen molar-refractivity contribution in [1.82, 2.24) is 0 Å². The molecule has 0 bridgehead atoms. The number of nitrogens with zero attached hydrogens (tertiary/aromatic N) is 3. The summed E-state index contributed by atoms with van der Waals surface area (Å²) >= 11 is 0. The van der Waals surface area contributed by atoms with Crippen molar-refractivity contribution in [2.75, 3.05) is 13.2 Å². The Hall–Kier alpha value is -1.87. The Kier molecular flexibility index (Phi) is 4.81. The summed E-state index contributed by atoms with van der Waals surface area (Å²) in [6.07, 6.45) is -2.83. The third-order valence-electron chi connectivity index (χ3n) is 3.41. The Labute approximate surface area is 132 Å². The molecule has 2 fully saturated rings. The van der Waals surface area contributed by atoms with Crippen LogP contribution < -0.4 is 0 Å². The molecule has 0 saturated carbocycles. The van der Waals surface area contributed by atoms with Crippen LogP contribution in [0.5, 0.6) is 0 Å². The van der Waals surface area contributed by atoms with Gasteiger partial charge in [0.25, 0.3) is 0 Å². The highest BCUT2D eigenvalue weighted by molar-refractivity contribution is 5.67. The molecule has 128 valence electrons. The third kappa shape index (κ3) is 3.73. The van der Waals surface area contributed by atoms with Crippen molar-refractivity contribution in [2.45, 2.75) is 57.6 Å². The van der Waals surface area contributed by atoms with Gasteiger partial charge in [-0.25, -0.2) is 0 Å². The molecule has 2 aliphatic heterocycles. The van der Waals surface area contributed by atoms with E-state index in [0.717, 1.165) is 0 Å². The zero-order chi connectivity index (χ0) is 17.3. The summed E-state index contributed by atoms with van der Waals surface area (Å²) < 4.78 is 27.6. The van der Waals surface area contributed by atoms with E-state index in [9.17, 15) is 9.59 Å². The lowest BCUT2D eigenvalue weighted by Crippen LogP contribution is -2.49. The first-order valence-electron chi connectivity index (χ1n) is 7.06. The van der Waals surface area contributed by atoms with Gasteiger partial charge in [0.05, 0.1) is 6.54 Å². The largest absolute Gasteiger partial charge is 0.456 e. The molecule has 0 aromatic carbocycles. The Balaban J connectivity index is 2.35. The Bertz CT molecular complexity index is 546. The van der Waals surface area contributed by atoms with Crippen LogP contribution >= 0.6 is 0 Å². The van der Waals surface area contributed by atoms with E-state index in [-0.39, 0.29) is 13.2 Å². The van der Waals surface area contributed by atoms with Gasteiger partial charge in [0.1, 0.15) is 12.7 Å². The lowest BCUT2D eigenvalue weighted by molar-refractivity contribution is -0.271. The quantitative estimate of drug-likeness (QED) is 0.326. The molecule has 0 aromatic rings. The fourth-order valence-electron chi connectivity index (χ4n) is 2.71. The third-order valence-corrected chi connectivity index (χ3v) is 3.41. The van der Waals surface area contributed by atoms with Gasteiger partial charge in [-0.1, -0.05) is 5.11 Å². The summed E-state index contributed by atoms with van der Waals surface area (Å²) in [6.45, 7) is 5.66. The highest BCUT2D eigenvalue weighted by Gasteiger charge is 2.65. The Morgan fingerprint density at radius 1 is 1.30 bits per heavy atom. The molecule has 2 aliphatic rings. The fourth-order valence-corrected chi connectivity index (χ4v) is 2.71. The summed E-state index contributed by atoms with van der Waals surface area (Å²) in [5.41, 5.74) is 8.50. The molecule has 10 heteroatoms. The van der Waals surface area contributed by atoms with E-state index in [1.807, 2.05) is 0 Å². The molecular formula is C13H19N3O7. The van der Waals surface area contributed by atoms with Gasteiger partial charge in [0, 0.05) is 18.8 Å². The van der Waals surface area contributed by atoms with Gasteiger partial charge < -0.3 is 23.7 Å². The minimum absolute atomic E-state index is 0.0253. The second-order valence-electron chi connectivity index (χ2n) is 5.78. The number of hydrogen-bond acceptors (Lipinski definition) is 8. The van der Waals surface area contributed by atoms with Crippen molar-refractivity contribution in [3.8, 4) is 0 Å². The molecule has 1 spiro atoms. The normalized spacial score (nSPS) is 34.9. The molecule has 0 amide bonds. The van der Waals surface area contributed by atoms with Crippen molar-refractivity contribution in [3.63, 3.8) is 0 Å². The van der Waals surface area contributed by atoms with Gasteiger partial charge in [-0.05, 0) is 19.4 Å². The maximum atomic E-state index is 11.5. The van der Waals surface area contributed by atoms with E-state index < -0.39 is 41.8 Å². The average molecular weight is 329 g/mol. The van der Waals surface area contributed by atoms with E-state index in [1.165, 1.54) is 13.8 Å². The molecule has 2 heterocycles. The topological polar surface area (TPSA) is 129 Å². The van der Waals surface area contributed by atoms with Gasteiger partial charge in [0.15, 0.2) is 18.0 Å². The van der Waals surface area contributed by atoms with E-state index in [1.54, 1.807) is 13.8 Å². The first-order chi connectivity index (χ1) is 10.7. The predicted octanol–water partition coefficient (Wildman–Crippen LogP) is 1.04. The van der Waals surface area contributed by atoms with E-state index in [4.69, 9.17) is 29.2 Å². The van der Waals surface area contributed by atoms with E-state index in [0.29, 0.717) is 0 Å². The van der Waals surface area contributed by atoms with Gasteiger partial charge in [-0.3, -0.25) is 9.59 Å². The van der Waals surface area contributed by atoms with Gasteiger partial charge in [0.2, 0.25) is 5.79 Å². The minimum atomic E-state index is -1.43. The second-order valence-corrected chi connectivity index (χ2v) is 5.78. The zero-order valence-electron chi connectivity index (χ0n) is 13.3. The van der Waals surface area contributed by atoms with E-state index in [2.05, 4.69) is 10.0 Å². The standard InChI is InChI=1S/C13H19N3O7/c1-7(17)20-10-9(5-15-16-14)22-13(11(10)21-8(2)18)6-19-12(3,4)23-13/h9-11H,5-6H2,1-4H3. The van der Waals surface area contributed by atoms with Crippen LogP contribution in [0.4, 0.5) is 0 Å². The molecule has 4 unspecified atom stereocenters. The van der Waals surface area contributed by atoms with Crippen molar-refractivity contribution in [3.05, 3.63) is 10.4 Å². The number of hydrogen-bond donors (Lipinski definition) is 0.